The Labute approximate surface area is 110 Å². The van der Waals surface area contributed by atoms with Crippen LogP contribution in [0.5, 0.6) is 0 Å². The van der Waals surface area contributed by atoms with Crippen molar-refractivity contribution in [2.24, 2.45) is 17.8 Å². The molecule has 2 atom stereocenters. The highest BCUT2D eigenvalue weighted by Crippen LogP contribution is 2.75. The van der Waals surface area contributed by atoms with Gasteiger partial charge in [-0.25, -0.2) is 15.0 Å². The second kappa shape index (κ2) is 3.04. The number of aromatic nitrogens is 3. The van der Waals surface area contributed by atoms with Crippen LogP contribution in [-0.4, -0.2) is 27.5 Å². The first-order valence-electron chi connectivity index (χ1n) is 6.64. The average Bonchev–Trinajstić information content (AvgIpc) is 3.25. The predicted octanol–water partition coefficient (Wildman–Crippen LogP) is 1.19. The van der Waals surface area contributed by atoms with Gasteiger partial charge in [-0.05, 0) is 29.9 Å². The van der Waals surface area contributed by atoms with Crippen molar-refractivity contribution in [1.82, 2.24) is 15.0 Å². The number of piperidine rings is 1. The quantitative estimate of drug-likeness (QED) is 0.868. The van der Waals surface area contributed by atoms with Crippen molar-refractivity contribution in [3.05, 3.63) is 30.6 Å². The lowest BCUT2D eigenvalue weighted by Crippen LogP contribution is -2.22. The summed E-state index contributed by atoms with van der Waals surface area (Å²) in [6.45, 7) is 1.15. The molecule has 2 aromatic rings. The first-order valence-corrected chi connectivity index (χ1v) is 6.64. The molecule has 0 aromatic carbocycles. The number of nitrogens with zero attached hydrogens (tertiary/aromatic N) is 4. The second-order valence-electron chi connectivity index (χ2n) is 5.68. The Hall–Kier alpha value is -2.17. The van der Waals surface area contributed by atoms with Crippen LogP contribution in [0.1, 0.15) is 0 Å². The minimum absolute atomic E-state index is 0.519. The van der Waals surface area contributed by atoms with Gasteiger partial charge in [-0.15, -0.1) is 0 Å². The first kappa shape index (κ1) is 9.72. The van der Waals surface area contributed by atoms with Crippen LogP contribution in [0, 0.1) is 17.8 Å². The predicted molar refractivity (Wildman–Crippen MR) is 71.3 cm³/mol. The zero-order valence-corrected chi connectivity index (χ0v) is 10.3. The fraction of sp³-hybridized carbons (Fsp3) is 0.357. The molecule has 2 saturated carbocycles. The normalized spacial score (nSPS) is 33.2. The van der Waals surface area contributed by atoms with Gasteiger partial charge in [-0.1, -0.05) is 6.07 Å². The molecule has 2 aliphatic heterocycles. The zero-order chi connectivity index (χ0) is 12.6. The molecular formula is C14H13N5. The SMILES string of the molecule is Nc1cccc(-c2cnc(N3CC4C5C4C53)nc2)n1. The largest absolute Gasteiger partial charge is 0.384 e. The van der Waals surface area contributed by atoms with E-state index >= 15 is 0 Å². The molecule has 6 rings (SSSR count). The van der Waals surface area contributed by atoms with Crippen molar-refractivity contribution in [3.8, 4) is 11.3 Å². The van der Waals surface area contributed by atoms with E-state index in [0.717, 1.165) is 47.5 Å². The molecule has 0 amide bonds. The van der Waals surface area contributed by atoms with Gasteiger partial charge in [0, 0.05) is 30.5 Å². The maximum absolute atomic E-state index is 5.69. The van der Waals surface area contributed by atoms with E-state index in [1.807, 2.05) is 24.5 Å². The molecule has 2 saturated heterocycles. The van der Waals surface area contributed by atoms with Crippen LogP contribution in [0.15, 0.2) is 30.6 Å². The monoisotopic (exact) mass is 251 g/mol. The minimum atomic E-state index is 0.519. The summed E-state index contributed by atoms with van der Waals surface area (Å²) in [7, 11) is 0. The van der Waals surface area contributed by atoms with Crippen molar-refractivity contribution in [1.29, 1.82) is 0 Å². The van der Waals surface area contributed by atoms with Crippen molar-refractivity contribution >= 4 is 11.8 Å². The number of pyridine rings is 1. The van der Waals surface area contributed by atoms with Gasteiger partial charge in [0.15, 0.2) is 0 Å². The number of nitrogen functional groups attached to an aromatic ring is 1. The summed E-state index contributed by atoms with van der Waals surface area (Å²) in [6.07, 6.45) is 3.68. The molecule has 5 heteroatoms. The maximum Gasteiger partial charge on any atom is 0.225 e. The van der Waals surface area contributed by atoms with E-state index in [4.69, 9.17) is 5.73 Å². The summed E-state index contributed by atoms with van der Waals surface area (Å²) >= 11 is 0. The molecule has 2 bridgehead atoms. The van der Waals surface area contributed by atoms with E-state index in [-0.39, 0.29) is 0 Å². The summed E-state index contributed by atoms with van der Waals surface area (Å²) in [5, 5.41) is 0. The summed E-state index contributed by atoms with van der Waals surface area (Å²) < 4.78 is 0. The van der Waals surface area contributed by atoms with Gasteiger partial charge in [-0.2, -0.15) is 0 Å². The number of fused-ring (bicyclic) bond motifs is 1. The van der Waals surface area contributed by atoms with Crippen molar-refractivity contribution < 1.29 is 0 Å². The van der Waals surface area contributed by atoms with Gasteiger partial charge in [0.2, 0.25) is 5.95 Å². The third-order valence-electron chi connectivity index (χ3n) is 4.67. The number of hydrogen-bond acceptors (Lipinski definition) is 5. The standard InChI is InChI=1S/C14H13N5/c15-10-3-1-2-9(18-10)7-4-16-14(17-5-7)19-6-8-11-12(8)13(11)19/h1-5,8,11-13H,6H2,(H2,15,18). The van der Waals surface area contributed by atoms with E-state index in [9.17, 15) is 0 Å². The highest BCUT2D eigenvalue weighted by Gasteiger charge is 2.81. The molecule has 2 aromatic heterocycles. The minimum Gasteiger partial charge on any atom is -0.384 e. The van der Waals surface area contributed by atoms with Crippen LogP contribution in [0.2, 0.25) is 0 Å². The van der Waals surface area contributed by atoms with Gasteiger partial charge >= 0.3 is 0 Å². The summed E-state index contributed by atoms with van der Waals surface area (Å²) in [6, 6.07) is 6.34. The molecular weight excluding hydrogens is 238 g/mol. The van der Waals surface area contributed by atoms with Crippen molar-refractivity contribution in [2.75, 3.05) is 17.2 Å². The Morgan fingerprint density at radius 1 is 1.16 bits per heavy atom. The molecule has 4 fully saturated rings. The maximum atomic E-state index is 5.69. The van der Waals surface area contributed by atoms with Crippen LogP contribution < -0.4 is 10.6 Å². The lowest BCUT2D eigenvalue weighted by molar-refractivity contribution is 0.734. The number of hydrogen-bond donors (Lipinski definition) is 1. The van der Waals surface area contributed by atoms with E-state index < -0.39 is 0 Å². The summed E-state index contributed by atoms with van der Waals surface area (Å²) in [4.78, 5) is 15.6. The highest BCUT2D eigenvalue weighted by atomic mass is 15.4. The van der Waals surface area contributed by atoms with Gasteiger partial charge in [0.25, 0.3) is 0 Å². The Morgan fingerprint density at radius 3 is 2.58 bits per heavy atom. The third kappa shape index (κ3) is 1.22. The van der Waals surface area contributed by atoms with Crippen molar-refractivity contribution in [3.63, 3.8) is 0 Å². The van der Waals surface area contributed by atoms with Gasteiger partial charge in [0.05, 0.1) is 5.69 Å². The van der Waals surface area contributed by atoms with Crippen molar-refractivity contribution in [2.45, 2.75) is 6.04 Å². The number of anilines is 2. The average molecular weight is 251 g/mol. The topological polar surface area (TPSA) is 67.9 Å². The molecule has 0 radical (unpaired) electrons. The van der Waals surface area contributed by atoms with E-state index in [1.165, 1.54) is 0 Å². The molecule has 4 aliphatic rings. The lowest BCUT2D eigenvalue weighted by atomic mass is 10.2. The molecule has 5 nitrogen and oxygen atoms in total. The first-order chi connectivity index (χ1) is 9.33. The molecule has 2 aliphatic carbocycles. The number of rotatable bonds is 2. The smallest absolute Gasteiger partial charge is 0.225 e. The Bertz CT molecular complexity index is 651. The molecule has 19 heavy (non-hydrogen) atoms. The fourth-order valence-electron chi connectivity index (χ4n) is 3.57. The molecule has 4 heterocycles. The molecule has 0 spiro atoms. The Kier molecular flexibility index (Phi) is 1.56. The summed E-state index contributed by atoms with van der Waals surface area (Å²) in [5.74, 6) is 4.28. The molecule has 2 N–H and O–H groups in total. The summed E-state index contributed by atoms with van der Waals surface area (Å²) in [5.41, 5.74) is 7.43. The van der Waals surface area contributed by atoms with E-state index in [0.29, 0.717) is 5.82 Å². The third-order valence-corrected chi connectivity index (χ3v) is 4.67. The molecule has 2 unspecified atom stereocenters. The Morgan fingerprint density at radius 2 is 1.95 bits per heavy atom. The van der Waals surface area contributed by atoms with Crippen LogP contribution in [0.3, 0.4) is 0 Å². The number of nitrogens with two attached hydrogens (primary N) is 1. The van der Waals surface area contributed by atoms with Crippen LogP contribution >= 0.6 is 0 Å². The fourth-order valence-corrected chi connectivity index (χ4v) is 3.57. The van der Waals surface area contributed by atoms with E-state index in [2.05, 4.69) is 19.9 Å². The lowest BCUT2D eigenvalue weighted by Gasteiger charge is -2.15. The second-order valence-corrected chi connectivity index (χ2v) is 5.68. The van der Waals surface area contributed by atoms with Gasteiger partial charge in [-0.3, -0.25) is 0 Å². The zero-order valence-electron chi connectivity index (χ0n) is 10.3. The van der Waals surface area contributed by atoms with Crippen LogP contribution in [0.25, 0.3) is 11.3 Å². The van der Waals surface area contributed by atoms with Crippen LogP contribution in [-0.2, 0) is 0 Å². The van der Waals surface area contributed by atoms with E-state index in [1.54, 1.807) is 6.07 Å². The molecule has 94 valence electrons. The van der Waals surface area contributed by atoms with Crippen LogP contribution in [0.4, 0.5) is 11.8 Å². The van der Waals surface area contributed by atoms with Gasteiger partial charge < -0.3 is 10.6 Å². The van der Waals surface area contributed by atoms with Gasteiger partial charge in [0.1, 0.15) is 5.82 Å². The highest BCUT2D eigenvalue weighted by molar-refractivity contribution is 5.60. The Balaban J connectivity index is 1.46.